The molecule has 4 heteroatoms. The van der Waals surface area contributed by atoms with E-state index in [0.717, 1.165) is 18.5 Å². The Kier molecular flexibility index (Phi) is 3.03. The van der Waals surface area contributed by atoms with E-state index in [0.29, 0.717) is 12.5 Å². The van der Waals surface area contributed by atoms with Crippen LogP contribution in [0.1, 0.15) is 24.8 Å². The molecule has 1 fully saturated rings. The van der Waals surface area contributed by atoms with Gasteiger partial charge in [-0.15, -0.1) is 0 Å². The zero-order valence-electron chi connectivity index (χ0n) is 11.1. The molecule has 1 aliphatic heterocycles. The van der Waals surface area contributed by atoms with E-state index in [1.807, 2.05) is 11.1 Å². The van der Waals surface area contributed by atoms with Crippen LogP contribution < -0.4 is 5.73 Å². The normalized spacial score (nSPS) is 23.8. The number of H-pyrrole nitrogens is 1. The fraction of sp³-hybridized carbons (Fsp3) is 0.400. The lowest BCUT2D eigenvalue weighted by atomic mass is 9.85. The van der Waals surface area contributed by atoms with E-state index in [2.05, 4.69) is 29.2 Å². The Hall–Kier alpha value is -1.81. The molecule has 0 bridgehead atoms. The summed E-state index contributed by atoms with van der Waals surface area (Å²) in [5.74, 6) is 0.463. The van der Waals surface area contributed by atoms with Gasteiger partial charge in [0.25, 0.3) is 0 Å². The standard InChI is InChI=1S/C15H19N3O/c1-10(19)18-7-5-13(14(16)9-18)11-2-3-15-12(8-11)4-6-17-15/h2-4,6,8,13-14,17H,5,7,9,16H2,1H3. The van der Waals surface area contributed by atoms with Crippen LogP contribution in [0.2, 0.25) is 0 Å². The minimum absolute atomic E-state index is 0.0223. The summed E-state index contributed by atoms with van der Waals surface area (Å²) in [6, 6.07) is 8.56. The third-order valence-electron chi connectivity index (χ3n) is 4.11. The molecule has 1 saturated heterocycles. The second-order valence-corrected chi connectivity index (χ2v) is 5.35. The Bertz CT molecular complexity index is 604. The molecule has 2 aromatic rings. The van der Waals surface area contributed by atoms with E-state index in [4.69, 9.17) is 5.73 Å². The van der Waals surface area contributed by atoms with E-state index in [1.54, 1.807) is 6.92 Å². The predicted octanol–water partition coefficient (Wildman–Crippen LogP) is 1.83. The van der Waals surface area contributed by atoms with Gasteiger partial charge >= 0.3 is 0 Å². The molecule has 1 amide bonds. The first kappa shape index (κ1) is 12.2. The number of hydrogen-bond acceptors (Lipinski definition) is 2. The van der Waals surface area contributed by atoms with Gasteiger partial charge in [-0.05, 0) is 35.6 Å². The third kappa shape index (κ3) is 2.24. The van der Waals surface area contributed by atoms with Crippen LogP contribution in [0.25, 0.3) is 10.9 Å². The average Bonchev–Trinajstić information content (AvgIpc) is 2.85. The van der Waals surface area contributed by atoms with Crippen LogP contribution in [0.4, 0.5) is 0 Å². The van der Waals surface area contributed by atoms with Gasteiger partial charge in [-0.2, -0.15) is 0 Å². The Balaban J connectivity index is 1.84. The molecule has 2 atom stereocenters. The van der Waals surface area contributed by atoms with Gasteiger partial charge < -0.3 is 15.6 Å². The molecular weight excluding hydrogens is 238 g/mol. The summed E-state index contributed by atoms with van der Waals surface area (Å²) in [4.78, 5) is 16.4. The van der Waals surface area contributed by atoms with Gasteiger partial charge in [0.2, 0.25) is 5.91 Å². The van der Waals surface area contributed by atoms with E-state index < -0.39 is 0 Å². The van der Waals surface area contributed by atoms with Crippen LogP contribution in [0.3, 0.4) is 0 Å². The highest BCUT2D eigenvalue weighted by Crippen LogP contribution is 2.29. The maximum atomic E-state index is 11.4. The van der Waals surface area contributed by atoms with Crippen LogP contribution in [0.15, 0.2) is 30.5 Å². The Labute approximate surface area is 112 Å². The SMILES string of the molecule is CC(=O)N1CCC(c2ccc3[nH]ccc3c2)C(N)C1. The maximum Gasteiger partial charge on any atom is 0.219 e. The largest absolute Gasteiger partial charge is 0.361 e. The quantitative estimate of drug-likeness (QED) is 0.818. The fourth-order valence-corrected chi connectivity index (χ4v) is 2.98. The van der Waals surface area contributed by atoms with Crippen LogP contribution in [-0.4, -0.2) is 34.9 Å². The van der Waals surface area contributed by atoms with Crippen molar-refractivity contribution in [3.05, 3.63) is 36.0 Å². The van der Waals surface area contributed by atoms with E-state index in [1.165, 1.54) is 10.9 Å². The molecule has 0 radical (unpaired) electrons. The number of piperidine rings is 1. The highest BCUT2D eigenvalue weighted by atomic mass is 16.2. The lowest BCUT2D eigenvalue weighted by molar-refractivity contribution is -0.130. The molecule has 2 heterocycles. The molecule has 0 spiro atoms. The fourth-order valence-electron chi connectivity index (χ4n) is 2.98. The Morgan fingerprint density at radius 1 is 1.42 bits per heavy atom. The molecule has 1 aliphatic rings. The molecule has 0 aliphatic carbocycles. The van der Waals surface area contributed by atoms with E-state index in [9.17, 15) is 4.79 Å². The van der Waals surface area contributed by atoms with Crippen molar-refractivity contribution in [2.45, 2.75) is 25.3 Å². The minimum atomic E-state index is 0.0223. The predicted molar refractivity (Wildman–Crippen MR) is 75.9 cm³/mol. The zero-order chi connectivity index (χ0) is 13.4. The Morgan fingerprint density at radius 2 is 2.26 bits per heavy atom. The monoisotopic (exact) mass is 257 g/mol. The summed E-state index contributed by atoms with van der Waals surface area (Å²) in [5.41, 5.74) is 8.69. The molecule has 1 aromatic heterocycles. The number of rotatable bonds is 1. The van der Waals surface area contributed by atoms with Crippen molar-refractivity contribution in [2.75, 3.05) is 13.1 Å². The van der Waals surface area contributed by atoms with Gasteiger partial charge in [-0.1, -0.05) is 6.07 Å². The summed E-state index contributed by atoms with van der Waals surface area (Å²) >= 11 is 0. The number of amides is 1. The van der Waals surface area contributed by atoms with E-state index >= 15 is 0 Å². The average molecular weight is 257 g/mol. The summed E-state index contributed by atoms with van der Waals surface area (Å²) in [7, 11) is 0. The first-order chi connectivity index (χ1) is 9.15. The van der Waals surface area contributed by atoms with Gasteiger partial charge in [0.05, 0.1) is 0 Å². The minimum Gasteiger partial charge on any atom is -0.361 e. The number of carbonyl (C=O) groups excluding carboxylic acids is 1. The van der Waals surface area contributed by atoms with Gasteiger partial charge in [0.15, 0.2) is 0 Å². The molecule has 3 N–H and O–H groups in total. The topological polar surface area (TPSA) is 62.1 Å². The summed E-state index contributed by atoms with van der Waals surface area (Å²) in [6.07, 6.45) is 2.89. The van der Waals surface area contributed by atoms with Crippen LogP contribution in [-0.2, 0) is 4.79 Å². The lowest BCUT2D eigenvalue weighted by Crippen LogP contribution is -2.48. The van der Waals surface area contributed by atoms with Crippen molar-refractivity contribution in [3.8, 4) is 0 Å². The van der Waals surface area contributed by atoms with Gasteiger partial charge in [0, 0.05) is 43.7 Å². The number of fused-ring (bicyclic) bond motifs is 1. The van der Waals surface area contributed by atoms with Crippen molar-refractivity contribution in [2.24, 2.45) is 5.73 Å². The van der Waals surface area contributed by atoms with Crippen molar-refractivity contribution < 1.29 is 4.79 Å². The number of nitrogens with zero attached hydrogens (tertiary/aromatic N) is 1. The zero-order valence-corrected chi connectivity index (χ0v) is 11.1. The molecule has 100 valence electrons. The number of nitrogens with one attached hydrogen (secondary N) is 1. The number of aromatic nitrogens is 1. The highest BCUT2D eigenvalue weighted by molar-refractivity contribution is 5.80. The van der Waals surface area contributed by atoms with Crippen molar-refractivity contribution in [1.82, 2.24) is 9.88 Å². The van der Waals surface area contributed by atoms with Crippen LogP contribution in [0.5, 0.6) is 0 Å². The van der Waals surface area contributed by atoms with Crippen molar-refractivity contribution >= 4 is 16.8 Å². The summed E-state index contributed by atoms with van der Waals surface area (Å²) in [5, 5.41) is 1.22. The first-order valence-electron chi connectivity index (χ1n) is 6.73. The van der Waals surface area contributed by atoms with Gasteiger partial charge in [-0.25, -0.2) is 0 Å². The van der Waals surface area contributed by atoms with E-state index in [-0.39, 0.29) is 11.9 Å². The maximum absolute atomic E-state index is 11.4. The molecule has 0 saturated carbocycles. The van der Waals surface area contributed by atoms with Crippen molar-refractivity contribution in [1.29, 1.82) is 0 Å². The van der Waals surface area contributed by atoms with Gasteiger partial charge in [-0.3, -0.25) is 4.79 Å². The van der Waals surface area contributed by atoms with Gasteiger partial charge in [0.1, 0.15) is 0 Å². The number of hydrogen-bond donors (Lipinski definition) is 2. The number of benzene rings is 1. The second-order valence-electron chi connectivity index (χ2n) is 5.35. The second kappa shape index (κ2) is 4.70. The first-order valence-corrected chi connectivity index (χ1v) is 6.73. The molecule has 19 heavy (non-hydrogen) atoms. The number of likely N-dealkylation sites (tertiary alicyclic amines) is 1. The number of nitrogens with two attached hydrogens (primary N) is 1. The molecular formula is C15H19N3O. The van der Waals surface area contributed by atoms with Crippen LogP contribution >= 0.6 is 0 Å². The summed E-state index contributed by atoms with van der Waals surface area (Å²) < 4.78 is 0. The molecule has 4 nitrogen and oxygen atoms in total. The number of aromatic amines is 1. The lowest BCUT2D eigenvalue weighted by Gasteiger charge is -2.36. The Morgan fingerprint density at radius 3 is 3.00 bits per heavy atom. The molecule has 2 unspecified atom stereocenters. The smallest absolute Gasteiger partial charge is 0.219 e. The molecule has 1 aromatic carbocycles. The molecule has 3 rings (SSSR count). The summed E-state index contributed by atoms with van der Waals surface area (Å²) in [6.45, 7) is 3.07. The highest BCUT2D eigenvalue weighted by Gasteiger charge is 2.28. The van der Waals surface area contributed by atoms with Crippen LogP contribution in [0, 0.1) is 0 Å². The van der Waals surface area contributed by atoms with Crippen molar-refractivity contribution in [3.63, 3.8) is 0 Å². The number of carbonyl (C=O) groups is 1. The third-order valence-corrected chi connectivity index (χ3v) is 4.11.